The first-order valence-corrected chi connectivity index (χ1v) is 10.3. The number of pyridine rings is 1. The van der Waals surface area contributed by atoms with Crippen molar-refractivity contribution in [3.63, 3.8) is 0 Å². The van der Waals surface area contributed by atoms with E-state index in [4.69, 9.17) is 15.2 Å². The lowest BCUT2D eigenvalue weighted by molar-refractivity contribution is 0.100. The van der Waals surface area contributed by atoms with Crippen molar-refractivity contribution >= 4 is 35.0 Å². The van der Waals surface area contributed by atoms with Crippen LogP contribution in [0.25, 0.3) is 11.3 Å². The largest absolute Gasteiger partial charge is 0.475 e. The van der Waals surface area contributed by atoms with Crippen LogP contribution in [0.15, 0.2) is 42.6 Å². The van der Waals surface area contributed by atoms with Crippen molar-refractivity contribution in [3.8, 4) is 17.1 Å². The Balaban J connectivity index is 1.81. The lowest BCUT2D eigenvalue weighted by Gasteiger charge is -2.09. The SMILES string of the molecule is CCSNc1ccc(-c2[nH]nc(Nc3ccnc(OCCOC)c3)c2C(N)=O)cc1. The number of H-pyrrole nitrogens is 1. The summed E-state index contributed by atoms with van der Waals surface area (Å²) in [5, 5.41) is 10.3. The number of nitrogens with one attached hydrogen (secondary N) is 3. The highest BCUT2D eigenvalue weighted by Crippen LogP contribution is 2.30. The summed E-state index contributed by atoms with van der Waals surface area (Å²) in [6, 6.07) is 11.1. The van der Waals surface area contributed by atoms with Crippen LogP contribution in [-0.4, -0.2) is 47.2 Å². The number of hydrogen-bond acceptors (Lipinski definition) is 8. The standard InChI is InChI=1S/C20H24N6O3S/c1-3-30-26-14-6-4-13(5-7-14)18-17(19(21)27)20(25-24-18)23-15-8-9-22-16(12-15)29-11-10-28-2/h4-9,12,26H,3,10-11H2,1-2H3,(H2,21,27)(H2,22,23,24,25). The minimum atomic E-state index is -0.587. The van der Waals surface area contributed by atoms with E-state index in [1.54, 1.807) is 37.4 Å². The van der Waals surface area contributed by atoms with Gasteiger partial charge < -0.3 is 25.2 Å². The maximum Gasteiger partial charge on any atom is 0.254 e. The molecule has 3 rings (SSSR count). The van der Waals surface area contributed by atoms with Gasteiger partial charge in [0.25, 0.3) is 5.91 Å². The smallest absolute Gasteiger partial charge is 0.254 e. The number of rotatable bonds is 11. The molecular weight excluding hydrogens is 404 g/mol. The molecule has 2 aromatic heterocycles. The molecule has 0 aliphatic carbocycles. The molecule has 3 aromatic rings. The molecular formula is C20H24N6O3S. The van der Waals surface area contributed by atoms with Gasteiger partial charge in [0.05, 0.1) is 12.3 Å². The summed E-state index contributed by atoms with van der Waals surface area (Å²) in [5.74, 6) is 1.13. The molecule has 0 unspecified atom stereocenters. The Morgan fingerprint density at radius 2 is 2.00 bits per heavy atom. The maximum absolute atomic E-state index is 12.2. The van der Waals surface area contributed by atoms with Crippen molar-refractivity contribution in [3.05, 3.63) is 48.2 Å². The van der Waals surface area contributed by atoms with Crippen molar-refractivity contribution in [1.82, 2.24) is 15.2 Å². The summed E-state index contributed by atoms with van der Waals surface area (Å²) in [6.45, 7) is 2.91. The summed E-state index contributed by atoms with van der Waals surface area (Å²) in [6.07, 6.45) is 1.60. The van der Waals surface area contributed by atoms with Crippen LogP contribution in [0.2, 0.25) is 0 Å². The number of carbonyl (C=O) groups excluding carboxylic acids is 1. The van der Waals surface area contributed by atoms with Gasteiger partial charge >= 0.3 is 0 Å². The van der Waals surface area contributed by atoms with Gasteiger partial charge in [0.1, 0.15) is 12.2 Å². The molecule has 0 bridgehead atoms. The van der Waals surface area contributed by atoms with Gasteiger partial charge in [-0.3, -0.25) is 9.89 Å². The lowest BCUT2D eigenvalue weighted by Crippen LogP contribution is -2.13. The number of carbonyl (C=O) groups is 1. The highest BCUT2D eigenvalue weighted by atomic mass is 32.2. The van der Waals surface area contributed by atoms with Gasteiger partial charge in [0, 0.05) is 42.1 Å². The van der Waals surface area contributed by atoms with E-state index >= 15 is 0 Å². The fourth-order valence-electron chi connectivity index (χ4n) is 2.67. The number of hydrogen-bond donors (Lipinski definition) is 4. The molecule has 30 heavy (non-hydrogen) atoms. The van der Waals surface area contributed by atoms with E-state index in [1.165, 1.54) is 0 Å². The predicted octanol–water partition coefficient (Wildman–Crippen LogP) is 3.42. The van der Waals surface area contributed by atoms with Crippen molar-refractivity contribution in [2.24, 2.45) is 5.73 Å². The molecule has 0 saturated carbocycles. The molecule has 0 aliphatic heterocycles. The molecule has 10 heteroatoms. The number of primary amides is 1. The van der Waals surface area contributed by atoms with Crippen LogP contribution in [-0.2, 0) is 4.74 Å². The monoisotopic (exact) mass is 428 g/mol. The normalized spacial score (nSPS) is 10.6. The number of aromatic amines is 1. The molecule has 2 heterocycles. The third-order valence-electron chi connectivity index (χ3n) is 4.06. The maximum atomic E-state index is 12.2. The van der Waals surface area contributed by atoms with Crippen molar-refractivity contribution in [2.45, 2.75) is 6.92 Å². The van der Waals surface area contributed by atoms with Gasteiger partial charge in [-0.1, -0.05) is 31.0 Å². The number of aromatic nitrogens is 3. The predicted molar refractivity (Wildman–Crippen MR) is 119 cm³/mol. The van der Waals surface area contributed by atoms with Crippen LogP contribution in [0.5, 0.6) is 5.88 Å². The quantitative estimate of drug-likeness (QED) is 0.270. The average Bonchev–Trinajstić information content (AvgIpc) is 3.17. The van der Waals surface area contributed by atoms with Crippen LogP contribution in [0, 0.1) is 0 Å². The molecule has 0 radical (unpaired) electrons. The van der Waals surface area contributed by atoms with E-state index in [0.29, 0.717) is 36.3 Å². The summed E-state index contributed by atoms with van der Waals surface area (Å²) in [5.41, 5.74) is 8.91. The van der Waals surface area contributed by atoms with E-state index < -0.39 is 5.91 Å². The van der Waals surface area contributed by atoms with E-state index in [9.17, 15) is 4.79 Å². The average molecular weight is 429 g/mol. The third kappa shape index (κ3) is 5.43. The molecule has 1 amide bonds. The number of benzene rings is 1. The topological polar surface area (TPSA) is 127 Å². The minimum absolute atomic E-state index is 0.275. The molecule has 0 aliphatic rings. The van der Waals surface area contributed by atoms with Gasteiger partial charge in [-0.15, -0.1) is 0 Å². The third-order valence-corrected chi connectivity index (χ3v) is 4.72. The summed E-state index contributed by atoms with van der Waals surface area (Å²) in [7, 11) is 1.60. The minimum Gasteiger partial charge on any atom is -0.475 e. The molecule has 9 nitrogen and oxygen atoms in total. The summed E-state index contributed by atoms with van der Waals surface area (Å²) < 4.78 is 13.7. The fraction of sp³-hybridized carbons (Fsp3) is 0.250. The number of methoxy groups -OCH3 is 1. The number of nitrogens with two attached hydrogens (primary N) is 1. The zero-order valence-corrected chi connectivity index (χ0v) is 17.6. The van der Waals surface area contributed by atoms with E-state index in [0.717, 1.165) is 17.0 Å². The van der Waals surface area contributed by atoms with Crippen LogP contribution in [0.3, 0.4) is 0 Å². The van der Waals surface area contributed by atoms with Crippen molar-refractivity contribution in [1.29, 1.82) is 0 Å². The van der Waals surface area contributed by atoms with Gasteiger partial charge in [-0.2, -0.15) is 5.10 Å². The van der Waals surface area contributed by atoms with E-state index in [1.807, 2.05) is 24.3 Å². The summed E-state index contributed by atoms with van der Waals surface area (Å²) in [4.78, 5) is 16.3. The highest BCUT2D eigenvalue weighted by Gasteiger charge is 2.20. The molecule has 1 aromatic carbocycles. The van der Waals surface area contributed by atoms with Crippen LogP contribution >= 0.6 is 11.9 Å². The lowest BCUT2D eigenvalue weighted by atomic mass is 10.1. The van der Waals surface area contributed by atoms with Gasteiger partial charge in [0.2, 0.25) is 5.88 Å². The molecule has 0 fully saturated rings. The first kappa shape index (κ1) is 21.5. The van der Waals surface area contributed by atoms with Gasteiger partial charge in [-0.05, 0) is 18.2 Å². The van der Waals surface area contributed by atoms with Crippen molar-refractivity contribution in [2.75, 3.05) is 36.1 Å². The number of ether oxygens (including phenoxy) is 2. The Morgan fingerprint density at radius 1 is 1.20 bits per heavy atom. The van der Waals surface area contributed by atoms with Crippen LogP contribution in [0.4, 0.5) is 17.2 Å². The number of anilines is 3. The van der Waals surface area contributed by atoms with Gasteiger partial charge in [-0.25, -0.2) is 4.98 Å². The second-order valence-electron chi connectivity index (χ2n) is 6.15. The fourth-order valence-corrected chi connectivity index (χ4v) is 3.12. The molecule has 5 N–H and O–H groups in total. The van der Waals surface area contributed by atoms with Crippen molar-refractivity contribution < 1.29 is 14.3 Å². The van der Waals surface area contributed by atoms with E-state index in [-0.39, 0.29) is 5.56 Å². The summed E-state index contributed by atoms with van der Waals surface area (Å²) >= 11 is 1.61. The zero-order valence-electron chi connectivity index (χ0n) is 16.8. The van der Waals surface area contributed by atoms with Crippen LogP contribution in [0.1, 0.15) is 17.3 Å². The van der Waals surface area contributed by atoms with Crippen LogP contribution < -0.4 is 20.5 Å². The Bertz CT molecular complexity index is 977. The molecule has 0 saturated heterocycles. The molecule has 0 atom stereocenters. The number of nitrogens with zero attached hydrogens (tertiary/aromatic N) is 2. The molecule has 158 valence electrons. The second kappa shape index (κ2) is 10.5. The first-order chi connectivity index (χ1) is 14.6. The number of amides is 1. The highest BCUT2D eigenvalue weighted by molar-refractivity contribution is 8.00. The zero-order chi connectivity index (χ0) is 21.3. The Hall–Kier alpha value is -3.24. The Kier molecular flexibility index (Phi) is 7.52. The van der Waals surface area contributed by atoms with Gasteiger partial charge in [0.15, 0.2) is 5.82 Å². The second-order valence-corrected chi connectivity index (χ2v) is 7.22. The first-order valence-electron chi connectivity index (χ1n) is 9.33. The Labute approximate surface area is 178 Å². The Morgan fingerprint density at radius 3 is 2.70 bits per heavy atom. The molecule has 0 spiro atoms. The van der Waals surface area contributed by atoms with E-state index in [2.05, 4.69) is 32.1 Å².